The highest BCUT2D eigenvalue weighted by molar-refractivity contribution is 6.30. The predicted octanol–water partition coefficient (Wildman–Crippen LogP) is 4.17. The SMILES string of the molecule is Cc1cc(F)ccc1CC(N)c1ccc(Cl)cc1F. The fourth-order valence-electron chi connectivity index (χ4n) is 2.04. The van der Waals surface area contributed by atoms with Gasteiger partial charge >= 0.3 is 0 Å². The number of aryl methyl sites for hydroxylation is 1. The summed E-state index contributed by atoms with van der Waals surface area (Å²) in [6, 6.07) is 8.46. The van der Waals surface area contributed by atoms with Gasteiger partial charge in [-0.05, 0) is 48.7 Å². The normalized spacial score (nSPS) is 12.5. The van der Waals surface area contributed by atoms with E-state index in [9.17, 15) is 8.78 Å². The van der Waals surface area contributed by atoms with E-state index in [1.165, 1.54) is 18.2 Å². The van der Waals surface area contributed by atoms with E-state index < -0.39 is 11.9 Å². The number of hydrogen-bond donors (Lipinski definition) is 1. The zero-order chi connectivity index (χ0) is 14.0. The van der Waals surface area contributed by atoms with Gasteiger partial charge < -0.3 is 5.73 Å². The van der Waals surface area contributed by atoms with Gasteiger partial charge in [0.2, 0.25) is 0 Å². The Bertz CT molecular complexity index is 599. The quantitative estimate of drug-likeness (QED) is 0.898. The Morgan fingerprint density at radius 2 is 1.89 bits per heavy atom. The maximum atomic E-state index is 13.7. The summed E-state index contributed by atoms with van der Waals surface area (Å²) < 4.78 is 26.8. The minimum Gasteiger partial charge on any atom is -0.324 e. The average molecular weight is 282 g/mol. The average Bonchev–Trinajstić information content (AvgIpc) is 2.32. The third-order valence-corrected chi connectivity index (χ3v) is 3.34. The Balaban J connectivity index is 2.23. The smallest absolute Gasteiger partial charge is 0.129 e. The van der Waals surface area contributed by atoms with Gasteiger partial charge in [0.05, 0.1) is 0 Å². The molecule has 0 fully saturated rings. The van der Waals surface area contributed by atoms with E-state index in [4.69, 9.17) is 17.3 Å². The van der Waals surface area contributed by atoms with Crippen molar-refractivity contribution in [3.63, 3.8) is 0 Å². The monoisotopic (exact) mass is 281 g/mol. The molecule has 0 bridgehead atoms. The van der Waals surface area contributed by atoms with Crippen LogP contribution in [0.4, 0.5) is 8.78 Å². The van der Waals surface area contributed by atoms with Gasteiger partial charge in [0.1, 0.15) is 11.6 Å². The second-order valence-electron chi connectivity index (χ2n) is 4.55. The van der Waals surface area contributed by atoms with E-state index >= 15 is 0 Å². The molecule has 0 heterocycles. The van der Waals surface area contributed by atoms with Crippen molar-refractivity contribution in [2.75, 3.05) is 0 Å². The summed E-state index contributed by atoms with van der Waals surface area (Å²) in [6.07, 6.45) is 0.449. The van der Waals surface area contributed by atoms with Gasteiger partial charge in [-0.25, -0.2) is 8.78 Å². The van der Waals surface area contributed by atoms with Gasteiger partial charge in [0.25, 0.3) is 0 Å². The van der Waals surface area contributed by atoms with Gasteiger partial charge in [-0.2, -0.15) is 0 Å². The lowest BCUT2D eigenvalue weighted by molar-refractivity contribution is 0.579. The molecule has 0 radical (unpaired) electrons. The Kier molecular flexibility index (Phi) is 4.17. The van der Waals surface area contributed by atoms with E-state index in [1.807, 2.05) is 6.92 Å². The van der Waals surface area contributed by atoms with Gasteiger partial charge in [-0.3, -0.25) is 0 Å². The number of nitrogens with two attached hydrogens (primary N) is 1. The van der Waals surface area contributed by atoms with Crippen LogP contribution in [0.3, 0.4) is 0 Å². The molecule has 2 rings (SSSR count). The van der Waals surface area contributed by atoms with Gasteiger partial charge in [-0.1, -0.05) is 23.7 Å². The molecule has 0 amide bonds. The maximum Gasteiger partial charge on any atom is 0.129 e. The topological polar surface area (TPSA) is 26.0 Å². The minimum absolute atomic E-state index is 0.285. The van der Waals surface area contributed by atoms with Crippen molar-refractivity contribution >= 4 is 11.6 Å². The molecular formula is C15H14ClF2N. The van der Waals surface area contributed by atoms with Crippen molar-refractivity contribution in [1.82, 2.24) is 0 Å². The predicted molar refractivity (Wildman–Crippen MR) is 73.2 cm³/mol. The molecule has 1 atom stereocenters. The molecule has 2 aromatic rings. The summed E-state index contributed by atoms with van der Waals surface area (Å²) >= 11 is 5.70. The van der Waals surface area contributed by atoms with Gasteiger partial charge in [0, 0.05) is 16.6 Å². The summed E-state index contributed by atoms with van der Waals surface area (Å²) in [5.41, 5.74) is 8.13. The molecule has 1 unspecified atom stereocenters. The highest BCUT2D eigenvalue weighted by Gasteiger charge is 2.13. The number of rotatable bonds is 3. The van der Waals surface area contributed by atoms with Crippen molar-refractivity contribution in [1.29, 1.82) is 0 Å². The van der Waals surface area contributed by atoms with E-state index in [0.29, 0.717) is 17.0 Å². The van der Waals surface area contributed by atoms with E-state index in [1.54, 1.807) is 18.2 Å². The zero-order valence-electron chi connectivity index (χ0n) is 10.5. The molecule has 2 N–H and O–H groups in total. The second-order valence-corrected chi connectivity index (χ2v) is 4.98. The molecule has 0 aromatic heterocycles. The minimum atomic E-state index is -0.485. The third-order valence-electron chi connectivity index (χ3n) is 3.11. The van der Waals surface area contributed by atoms with Crippen molar-refractivity contribution in [2.24, 2.45) is 5.73 Å². The summed E-state index contributed by atoms with van der Waals surface area (Å²) in [7, 11) is 0. The zero-order valence-corrected chi connectivity index (χ0v) is 11.2. The van der Waals surface area contributed by atoms with Crippen LogP contribution in [-0.2, 0) is 6.42 Å². The second kappa shape index (κ2) is 5.68. The number of halogens is 3. The van der Waals surface area contributed by atoms with Crippen molar-refractivity contribution in [2.45, 2.75) is 19.4 Å². The van der Waals surface area contributed by atoms with Crippen LogP contribution in [0.15, 0.2) is 36.4 Å². The highest BCUT2D eigenvalue weighted by Crippen LogP contribution is 2.23. The largest absolute Gasteiger partial charge is 0.324 e. The van der Waals surface area contributed by atoms with Gasteiger partial charge in [-0.15, -0.1) is 0 Å². The summed E-state index contributed by atoms with van der Waals surface area (Å²) in [6.45, 7) is 1.81. The van der Waals surface area contributed by atoms with E-state index in [-0.39, 0.29) is 5.82 Å². The van der Waals surface area contributed by atoms with Crippen LogP contribution >= 0.6 is 11.6 Å². The molecule has 1 nitrogen and oxygen atoms in total. The number of benzene rings is 2. The third kappa shape index (κ3) is 3.31. The maximum absolute atomic E-state index is 13.7. The fraction of sp³-hybridized carbons (Fsp3) is 0.200. The highest BCUT2D eigenvalue weighted by atomic mass is 35.5. The van der Waals surface area contributed by atoms with Crippen LogP contribution in [0, 0.1) is 18.6 Å². The molecule has 2 aromatic carbocycles. The number of hydrogen-bond acceptors (Lipinski definition) is 1. The van der Waals surface area contributed by atoms with E-state index in [0.717, 1.165) is 11.1 Å². The lowest BCUT2D eigenvalue weighted by Crippen LogP contribution is -2.15. The molecule has 0 spiro atoms. The van der Waals surface area contributed by atoms with Crippen LogP contribution in [0.5, 0.6) is 0 Å². The van der Waals surface area contributed by atoms with Crippen molar-refractivity contribution < 1.29 is 8.78 Å². The lowest BCUT2D eigenvalue weighted by atomic mass is 9.96. The standard InChI is InChI=1S/C15H14ClF2N/c1-9-6-12(17)4-2-10(9)7-15(19)13-5-3-11(16)8-14(13)18/h2-6,8,15H,7,19H2,1H3. The molecule has 0 saturated carbocycles. The van der Waals surface area contributed by atoms with Crippen LogP contribution in [0.25, 0.3) is 0 Å². The summed E-state index contributed by atoms with van der Waals surface area (Å²) in [5, 5.41) is 0.339. The van der Waals surface area contributed by atoms with Crippen LogP contribution < -0.4 is 5.73 Å². The first-order valence-electron chi connectivity index (χ1n) is 5.93. The van der Waals surface area contributed by atoms with E-state index in [2.05, 4.69) is 0 Å². The molecule has 4 heteroatoms. The Labute approximate surface area is 116 Å². The Morgan fingerprint density at radius 1 is 1.16 bits per heavy atom. The first-order chi connectivity index (χ1) is 8.97. The molecule has 0 aliphatic carbocycles. The first-order valence-corrected chi connectivity index (χ1v) is 6.30. The molecule has 0 saturated heterocycles. The molecule has 100 valence electrons. The molecule has 0 aliphatic heterocycles. The van der Waals surface area contributed by atoms with Crippen molar-refractivity contribution in [3.8, 4) is 0 Å². The van der Waals surface area contributed by atoms with Crippen molar-refractivity contribution in [3.05, 3.63) is 69.7 Å². The lowest BCUT2D eigenvalue weighted by Gasteiger charge is -2.15. The molecular weight excluding hydrogens is 268 g/mol. The van der Waals surface area contributed by atoms with Gasteiger partial charge in [0.15, 0.2) is 0 Å². The fourth-order valence-corrected chi connectivity index (χ4v) is 2.20. The van der Waals surface area contributed by atoms with Crippen LogP contribution in [-0.4, -0.2) is 0 Å². The Morgan fingerprint density at radius 3 is 2.53 bits per heavy atom. The van der Waals surface area contributed by atoms with Crippen LogP contribution in [0.1, 0.15) is 22.7 Å². The molecule has 0 aliphatic rings. The Hall–Kier alpha value is -1.45. The van der Waals surface area contributed by atoms with Crippen LogP contribution in [0.2, 0.25) is 5.02 Å². The molecule has 19 heavy (non-hydrogen) atoms. The summed E-state index contributed by atoms with van der Waals surface area (Å²) in [5.74, 6) is -0.702. The first kappa shape index (κ1) is 14.0. The summed E-state index contributed by atoms with van der Waals surface area (Å²) in [4.78, 5) is 0.